The Hall–Kier alpha value is -2.06. The lowest BCUT2D eigenvalue weighted by molar-refractivity contribution is 0.415. The molecule has 2 heterocycles. The van der Waals surface area contributed by atoms with Crippen LogP contribution in [0.25, 0.3) is 0 Å². The fourth-order valence-corrected chi connectivity index (χ4v) is 4.26. The van der Waals surface area contributed by atoms with Gasteiger partial charge in [0, 0.05) is 26.2 Å². The summed E-state index contributed by atoms with van der Waals surface area (Å²) in [6, 6.07) is 9.11. The van der Waals surface area contributed by atoms with Crippen molar-refractivity contribution in [1.82, 2.24) is 14.5 Å². The second-order valence-corrected chi connectivity index (χ2v) is 7.18. The Morgan fingerprint density at radius 3 is 2.78 bits per heavy atom. The maximum atomic E-state index is 12.4. The van der Waals surface area contributed by atoms with E-state index in [1.54, 1.807) is 14.2 Å². The highest BCUT2D eigenvalue weighted by atomic mass is 32.2. The molecule has 1 aromatic heterocycles. The van der Waals surface area contributed by atoms with Gasteiger partial charge in [-0.05, 0) is 24.6 Å². The standard InChI is InChI=1S/C15H20N4O3S/c1-18-15(7-9-16-18)23(20,21)17-12-8-10-19(11-12)13-5-3-4-6-14(13)22-2/h3-7,9,12,17H,8,10-11H2,1-2H3/t12-/m1/s1. The first-order chi connectivity index (χ1) is 11.0. The molecular weight excluding hydrogens is 316 g/mol. The minimum atomic E-state index is -3.56. The van der Waals surface area contributed by atoms with Crippen molar-refractivity contribution in [1.29, 1.82) is 0 Å². The van der Waals surface area contributed by atoms with E-state index in [0.29, 0.717) is 6.54 Å². The first-order valence-electron chi connectivity index (χ1n) is 7.39. The van der Waals surface area contributed by atoms with Crippen LogP contribution in [0.2, 0.25) is 0 Å². The van der Waals surface area contributed by atoms with Gasteiger partial charge in [-0.15, -0.1) is 0 Å². The van der Waals surface area contributed by atoms with Crippen LogP contribution < -0.4 is 14.4 Å². The summed E-state index contributed by atoms with van der Waals surface area (Å²) < 4.78 is 34.3. The molecule has 1 aliphatic rings. The van der Waals surface area contributed by atoms with Gasteiger partial charge in [-0.25, -0.2) is 13.1 Å². The van der Waals surface area contributed by atoms with Crippen LogP contribution in [-0.2, 0) is 17.1 Å². The van der Waals surface area contributed by atoms with Crippen LogP contribution in [-0.4, -0.2) is 44.4 Å². The summed E-state index contributed by atoms with van der Waals surface area (Å²) in [4.78, 5) is 2.13. The van der Waals surface area contributed by atoms with Gasteiger partial charge in [0.15, 0.2) is 5.03 Å². The third-order valence-electron chi connectivity index (χ3n) is 3.99. The van der Waals surface area contributed by atoms with Crippen molar-refractivity contribution in [2.45, 2.75) is 17.5 Å². The van der Waals surface area contributed by atoms with E-state index in [1.807, 2.05) is 24.3 Å². The fourth-order valence-electron chi connectivity index (χ4n) is 2.87. The molecule has 124 valence electrons. The second kappa shape index (κ2) is 6.21. The van der Waals surface area contributed by atoms with E-state index in [2.05, 4.69) is 14.7 Å². The smallest absolute Gasteiger partial charge is 0.258 e. The topological polar surface area (TPSA) is 76.5 Å². The van der Waals surface area contributed by atoms with Gasteiger partial charge in [-0.1, -0.05) is 12.1 Å². The third kappa shape index (κ3) is 3.18. The molecule has 1 aliphatic heterocycles. The summed E-state index contributed by atoms with van der Waals surface area (Å²) in [5, 5.41) is 4.09. The minimum Gasteiger partial charge on any atom is -0.495 e. The summed E-state index contributed by atoms with van der Waals surface area (Å²) >= 11 is 0. The summed E-state index contributed by atoms with van der Waals surface area (Å²) in [7, 11) is -0.308. The molecule has 1 aromatic carbocycles. The number of sulfonamides is 1. The summed E-state index contributed by atoms with van der Waals surface area (Å²) in [6.07, 6.45) is 2.22. The Bertz CT molecular complexity index is 788. The van der Waals surface area contributed by atoms with E-state index >= 15 is 0 Å². The predicted molar refractivity (Wildman–Crippen MR) is 87.1 cm³/mol. The lowest BCUT2D eigenvalue weighted by Crippen LogP contribution is -2.37. The molecule has 2 aromatic rings. The third-order valence-corrected chi connectivity index (χ3v) is 5.58. The fraction of sp³-hybridized carbons (Fsp3) is 0.400. The van der Waals surface area contributed by atoms with Crippen molar-refractivity contribution >= 4 is 15.7 Å². The van der Waals surface area contributed by atoms with E-state index in [-0.39, 0.29) is 11.1 Å². The van der Waals surface area contributed by atoms with Gasteiger partial charge >= 0.3 is 0 Å². The van der Waals surface area contributed by atoms with Gasteiger partial charge in [0.2, 0.25) is 0 Å². The summed E-state index contributed by atoms with van der Waals surface area (Å²) in [5.41, 5.74) is 0.984. The average Bonchev–Trinajstić information content (AvgIpc) is 3.16. The number of benzene rings is 1. The number of nitrogens with zero attached hydrogens (tertiary/aromatic N) is 3. The number of rotatable bonds is 5. The second-order valence-electron chi connectivity index (χ2n) is 5.52. The zero-order valence-corrected chi connectivity index (χ0v) is 14.0. The maximum absolute atomic E-state index is 12.4. The highest BCUT2D eigenvalue weighted by Crippen LogP contribution is 2.30. The normalized spacial score (nSPS) is 18.3. The van der Waals surface area contributed by atoms with Crippen molar-refractivity contribution < 1.29 is 13.2 Å². The molecule has 23 heavy (non-hydrogen) atoms. The van der Waals surface area contributed by atoms with Crippen LogP contribution in [0.5, 0.6) is 5.75 Å². The van der Waals surface area contributed by atoms with Gasteiger partial charge in [0.05, 0.1) is 19.0 Å². The van der Waals surface area contributed by atoms with Crippen molar-refractivity contribution in [3.05, 3.63) is 36.5 Å². The predicted octanol–water partition coefficient (Wildman–Crippen LogP) is 0.986. The highest BCUT2D eigenvalue weighted by Gasteiger charge is 2.29. The van der Waals surface area contributed by atoms with Crippen molar-refractivity contribution in [3.63, 3.8) is 0 Å². The monoisotopic (exact) mass is 336 g/mol. The van der Waals surface area contributed by atoms with Crippen molar-refractivity contribution in [2.24, 2.45) is 7.05 Å². The molecule has 8 heteroatoms. The van der Waals surface area contributed by atoms with Crippen LogP contribution in [0.15, 0.2) is 41.6 Å². The number of nitrogens with one attached hydrogen (secondary N) is 1. The molecule has 1 N–H and O–H groups in total. The molecule has 0 spiro atoms. The maximum Gasteiger partial charge on any atom is 0.258 e. The number of anilines is 1. The molecule has 1 atom stereocenters. The Kier molecular flexibility index (Phi) is 4.27. The van der Waals surface area contributed by atoms with Gasteiger partial charge in [-0.3, -0.25) is 4.68 Å². The van der Waals surface area contributed by atoms with Gasteiger partial charge in [0.25, 0.3) is 10.0 Å². The first-order valence-corrected chi connectivity index (χ1v) is 8.88. The SMILES string of the molecule is COc1ccccc1N1CC[C@@H](NS(=O)(=O)c2ccnn2C)C1. The quantitative estimate of drug-likeness (QED) is 0.881. The van der Waals surface area contributed by atoms with E-state index in [4.69, 9.17) is 4.74 Å². The number of methoxy groups -OCH3 is 1. The molecule has 0 bridgehead atoms. The van der Waals surface area contributed by atoms with Crippen molar-refractivity contribution in [2.75, 3.05) is 25.1 Å². The van der Waals surface area contributed by atoms with Crippen molar-refractivity contribution in [3.8, 4) is 5.75 Å². The first kappa shape index (κ1) is 15.8. The molecule has 0 amide bonds. The number of hydrogen-bond donors (Lipinski definition) is 1. The van der Waals surface area contributed by atoms with Gasteiger partial charge in [-0.2, -0.15) is 5.10 Å². The molecule has 0 aliphatic carbocycles. The average molecular weight is 336 g/mol. The number of aromatic nitrogens is 2. The lowest BCUT2D eigenvalue weighted by atomic mass is 10.2. The minimum absolute atomic E-state index is 0.139. The zero-order chi connectivity index (χ0) is 16.4. The largest absolute Gasteiger partial charge is 0.495 e. The lowest BCUT2D eigenvalue weighted by Gasteiger charge is -2.21. The van der Waals surface area contributed by atoms with E-state index in [0.717, 1.165) is 24.4 Å². The molecule has 7 nitrogen and oxygen atoms in total. The van der Waals surface area contributed by atoms with E-state index in [1.165, 1.54) is 16.9 Å². The zero-order valence-electron chi connectivity index (χ0n) is 13.1. The summed E-state index contributed by atoms with van der Waals surface area (Å²) in [6.45, 7) is 1.39. The van der Waals surface area contributed by atoms with Crippen LogP contribution >= 0.6 is 0 Å². The number of ether oxygens (including phenoxy) is 1. The Balaban J connectivity index is 1.72. The van der Waals surface area contributed by atoms with E-state index < -0.39 is 10.0 Å². The van der Waals surface area contributed by atoms with Crippen LogP contribution in [0.1, 0.15) is 6.42 Å². The van der Waals surface area contributed by atoms with Crippen LogP contribution in [0, 0.1) is 0 Å². The molecule has 3 rings (SSSR count). The molecule has 0 radical (unpaired) electrons. The number of aryl methyl sites for hydroxylation is 1. The number of para-hydroxylation sites is 2. The Labute approximate surface area is 135 Å². The molecule has 1 saturated heterocycles. The molecule has 0 saturated carbocycles. The molecular formula is C15H20N4O3S. The van der Waals surface area contributed by atoms with Crippen LogP contribution in [0.3, 0.4) is 0 Å². The molecule has 1 fully saturated rings. The number of hydrogen-bond acceptors (Lipinski definition) is 5. The molecule has 0 unspecified atom stereocenters. The van der Waals surface area contributed by atoms with Gasteiger partial charge in [0.1, 0.15) is 5.75 Å². The highest BCUT2D eigenvalue weighted by molar-refractivity contribution is 7.89. The Morgan fingerprint density at radius 1 is 1.30 bits per heavy atom. The van der Waals surface area contributed by atoms with Crippen LogP contribution in [0.4, 0.5) is 5.69 Å². The summed E-state index contributed by atoms with van der Waals surface area (Å²) in [5.74, 6) is 0.794. The van der Waals surface area contributed by atoms with E-state index in [9.17, 15) is 8.42 Å². The Morgan fingerprint density at radius 2 is 2.09 bits per heavy atom. The van der Waals surface area contributed by atoms with Gasteiger partial charge < -0.3 is 9.64 Å².